The summed E-state index contributed by atoms with van der Waals surface area (Å²) in [5.74, 6) is -15.0. The first-order valence-electron chi connectivity index (χ1n) is 3.64. The molecule has 9 heteroatoms. The van der Waals surface area contributed by atoms with Crippen LogP contribution in [0.4, 0.5) is 30.7 Å². The second-order valence-electron chi connectivity index (χ2n) is 2.90. The summed E-state index contributed by atoms with van der Waals surface area (Å²) in [6.07, 6.45) is -6.71. The van der Waals surface area contributed by atoms with E-state index < -0.39 is 29.5 Å². The summed E-state index contributed by atoms with van der Waals surface area (Å²) in [5, 5.41) is 0. The highest BCUT2D eigenvalue weighted by Crippen LogP contribution is 2.46. The Morgan fingerprint density at radius 3 is 1.69 bits per heavy atom. The fraction of sp³-hybridized carbons (Fsp3) is 0.571. The zero-order valence-electron chi connectivity index (χ0n) is 7.71. The van der Waals surface area contributed by atoms with Crippen LogP contribution in [0.2, 0.25) is 0 Å². The molecule has 0 aliphatic rings. The van der Waals surface area contributed by atoms with Crippen LogP contribution in [0.25, 0.3) is 0 Å². The maximum absolute atomic E-state index is 12.5. The molecular weight excluding hydrogens is 247 g/mol. The molecule has 0 aromatic heterocycles. The van der Waals surface area contributed by atoms with E-state index in [9.17, 15) is 35.5 Å². The highest BCUT2D eigenvalue weighted by atomic mass is 19.4. The van der Waals surface area contributed by atoms with E-state index in [1.54, 1.807) is 0 Å². The lowest BCUT2D eigenvalue weighted by Crippen LogP contribution is -2.55. The number of hydrogen-bond acceptors (Lipinski definition) is 2. The number of carbonyl (C=O) groups is 1. The smallest absolute Gasteiger partial charge is 0.402 e. The zero-order chi connectivity index (χ0) is 13.4. The number of allylic oxidation sites excluding steroid dienone is 2. The van der Waals surface area contributed by atoms with Crippen molar-refractivity contribution in [3.63, 3.8) is 0 Å². The van der Waals surface area contributed by atoms with Crippen LogP contribution >= 0.6 is 0 Å². The molecule has 0 saturated carbocycles. The van der Waals surface area contributed by atoms with Gasteiger partial charge >= 0.3 is 18.0 Å². The molecule has 0 radical (unpaired) electrons. The van der Waals surface area contributed by atoms with Crippen molar-refractivity contribution in [2.45, 2.75) is 24.9 Å². The van der Waals surface area contributed by atoms with Gasteiger partial charge in [0.25, 0.3) is 0 Å². The maximum Gasteiger partial charge on any atom is 0.460 e. The van der Waals surface area contributed by atoms with Gasteiger partial charge in [-0.1, -0.05) is 0 Å². The van der Waals surface area contributed by atoms with Crippen molar-refractivity contribution in [2.24, 2.45) is 5.73 Å². The lowest BCUT2D eigenvalue weighted by Gasteiger charge is -2.26. The van der Waals surface area contributed by atoms with Crippen LogP contribution in [0.15, 0.2) is 11.8 Å². The van der Waals surface area contributed by atoms with Gasteiger partial charge in [-0.15, -0.1) is 0 Å². The Morgan fingerprint density at radius 1 is 1.06 bits per heavy atom. The van der Waals surface area contributed by atoms with Gasteiger partial charge < -0.3 is 5.73 Å². The summed E-state index contributed by atoms with van der Waals surface area (Å²) in [7, 11) is 0. The van der Waals surface area contributed by atoms with Crippen molar-refractivity contribution in [1.82, 2.24) is 0 Å². The average Bonchev–Trinajstić information content (AvgIpc) is 2.00. The van der Waals surface area contributed by atoms with Crippen molar-refractivity contribution in [3.8, 4) is 0 Å². The van der Waals surface area contributed by atoms with E-state index in [0.717, 1.165) is 6.92 Å². The lowest BCUT2D eigenvalue weighted by atomic mass is 10.1. The van der Waals surface area contributed by atoms with Gasteiger partial charge in [0.05, 0.1) is 0 Å². The minimum absolute atomic E-state index is 0.181. The summed E-state index contributed by atoms with van der Waals surface area (Å²) in [4.78, 5) is 10.5. The van der Waals surface area contributed by atoms with Crippen LogP contribution in [0.5, 0.6) is 0 Å². The Labute approximate surface area is 84.9 Å². The van der Waals surface area contributed by atoms with E-state index in [1.165, 1.54) is 0 Å². The fourth-order valence-corrected chi connectivity index (χ4v) is 0.630. The Bertz CT molecular complexity index is 313. The average molecular weight is 253 g/mol. The topological polar surface area (TPSA) is 43.1 Å². The molecule has 0 unspecified atom stereocenters. The minimum Gasteiger partial charge on any atom is -0.402 e. The Morgan fingerprint density at radius 2 is 1.44 bits per heavy atom. The summed E-state index contributed by atoms with van der Waals surface area (Å²) < 4.78 is 84.3. The number of halogens is 7. The van der Waals surface area contributed by atoms with Crippen molar-refractivity contribution < 1.29 is 35.5 Å². The molecule has 0 bridgehead atoms. The molecule has 0 aliphatic carbocycles. The van der Waals surface area contributed by atoms with E-state index in [2.05, 4.69) is 0 Å². The van der Waals surface area contributed by atoms with Crippen molar-refractivity contribution in [2.75, 3.05) is 0 Å². The van der Waals surface area contributed by atoms with Gasteiger partial charge in [0.15, 0.2) is 0 Å². The fourth-order valence-electron chi connectivity index (χ4n) is 0.630. The largest absolute Gasteiger partial charge is 0.460 e. The first-order valence-corrected chi connectivity index (χ1v) is 3.64. The number of rotatable bonds is 3. The normalized spacial score (nSPS) is 15.1. The van der Waals surface area contributed by atoms with E-state index in [0.29, 0.717) is 0 Å². The highest BCUT2D eigenvalue weighted by Gasteiger charge is 2.75. The third-order valence-electron chi connectivity index (χ3n) is 1.42. The summed E-state index contributed by atoms with van der Waals surface area (Å²) in [5.41, 5.74) is 4.11. The first-order chi connectivity index (χ1) is 6.84. The summed E-state index contributed by atoms with van der Waals surface area (Å²) in [6, 6.07) is 0. The van der Waals surface area contributed by atoms with E-state index in [-0.39, 0.29) is 6.08 Å². The zero-order valence-corrected chi connectivity index (χ0v) is 7.71. The molecule has 0 saturated heterocycles. The van der Waals surface area contributed by atoms with E-state index in [4.69, 9.17) is 5.73 Å². The van der Waals surface area contributed by atoms with Gasteiger partial charge in [-0.2, -0.15) is 30.7 Å². The number of hydrogen-bond donors (Lipinski definition) is 1. The molecule has 2 N–H and O–H groups in total. The number of carbonyl (C=O) groups excluding carboxylic acids is 1. The molecule has 0 fully saturated rings. The molecule has 2 nitrogen and oxygen atoms in total. The van der Waals surface area contributed by atoms with Gasteiger partial charge in [0, 0.05) is 11.8 Å². The molecule has 0 amide bonds. The Hall–Kier alpha value is -1.28. The molecule has 0 aromatic rings. The Balaban J connectivity index is 5.37. The molecule has 16 heavy (non-hydrogen) atoms. The minimum atomic E-state index is -6.53. The SMILES string of the molecule is C/C(N)=C/C(=O)C(F)(F)C(F)(F)C(F)(F)F. The van der Waals surface area contributed by atoms with Crippen molar-refractivity contribution in [3.05, 3.63) is 11.8 Å². The van der Waals surface area contributed by atoms with Crippen molar-refractivity contribution >= 4 is 5.78 Å². The standard InChI is InChI=1S/C7H6F7NO/c1-3(15)2-4(16)5(8,9)6(10,11)7(12,13)14/h2H,15H2,1H3/b3-2-. The molecule has 0 aromatic carbocycles. The van der Waals surface area contributed by atoms with Crippen LogP contribution in [0.1, 0.15) is 6.92 Å². The molecule has 0 atom stereocenters. The van der Waals surface area contributed by atoms with Gasteiger partial charge in [-0.3, -0.25) is 4.79 Å². The van der Waals surface area contributed by atoms with Gasteiger partial charge in [0.2, 0.25) is 5.78 Å². The first kappa shape index (κ1) is 14.7. The third kappa shape index (κ3) is 2.45. The summed E-state index contributed by atoms with van der Waals surface area (Å²) >= 11 is 0. The van der Waals surface area contributed by atoms with E-state index in [1.807, 2.05) is 0 Å². The predicted octanol–water partition coefficient (Wildman–Crippen LogP) is 2.25. The van der Waals surface area contributed by atoms with Crippen LogP contribution in [-0.2, 0) is 4.79 Å². The third-order valence-corrected chi connectivity index (χ3v) is 1.42. The second kappa shape index (κ2) is 3.95. The Kier molecular flexibility index (Phi) is 3.63. The molecular formula is C7H6F7NO. The van der Waals surface area contributed by atoms with Crippen LogP contribution in [0, 0.1) is 0 Å². The van der Waals surface area contributed by atoms with Crippen LogP contribution < -0.4 is 5.73 Å². The molecule has 94 valence electrons. The second-order valence-corrected chi connectivity index (χ2v) is 2.90. The number of nitrogens with two attached hydrogens (primary N) is 1. The molecule has 0 aliphatic heterocycles. The molecule has 0 rings (SSSR count). The number of ketones is 1. The quantitative estimate of drug-likeness (QED) is 0.619. The predicted molar refractivity (Wildman–Crippen MR) is 38.9 cm³/mol. The highest BCUT2D eigenvalue weighted by molar-refractivity contribution is 5.97. The van der Waals surface area contributed by atoms with Gasteiger partial charge in [0.1, 0.15) is 0 Å². The van der Waals surface area contributed by atoms with Crippen molar-refractivity contribution in [1.29, 1.82) is 0 Å². The van der Waals surface area contributed by atoms with Crippen LogP contribution in [0.3, 0.4) is 0 Å². The molecule has 0 heterocycles. The monoisotopic (exact) mass is 253 g/mol. The van der Waals surface area contributed by atoms with Gasteiger partial charge in [-0.25, -0.2) is 0 Å². The van der Waals surface area contributed by atoms with Crippen LogP contribution in [-0.4, -0.2) is 23.8 Å². The maximum atomic E-state index is 12.5. The van der Waals surface area contributed by atoms with E-state index >= 15 is 0 Å². The lowest BCUT2D eigenvalue weighted by molar-refractivity contribution is -0.342. The summed E-state index contributed by atoms with van der Waals surface area (Å²) in [6.45, 7) is 0.889. The molecule has 0 spiro atoms. The van der Waals surface area contributed by atoms with Gasteiger partial charge in [-0.05, 0) is 6.92 Å². The number of alkyl halides is 7.